The Morgan fingerprint density at radius 3 is 2.95 bits per heavy atom. The van der Waals surface area contributed by atoms with Crippen molar-refractivity contribution in [3.8, 4) is 0 Å². The fourth-order valence-corrected chi connectivity index (χ4v) is 2.41. The molecule has 8 heteroatoms. The second-order valence-corrected chi connectivity index (χ2v) is 4.91. The predicted molar refractivity (Wildman–Crippen MR) is 69.8 cm³/mol. The molecule has 1 aliphatic carbocycles. The van der Waals surface area contributed by atoms with E-state index in [4.69, 9.17) is 5.11 Å². The van der Waals surface area contributed by atoms with Crippen LogP contribution in [0.3, 0.4) is 0 Å². The van der Waals surface area contributed by atoms with Crippen LogP contribution in [0.2, 0.25) is 0 Å². The molecule has 0 bridgehead atoms. The van der Waals surface area contributed by atoms with E-state index in [0.29, 0.717) is 31.6 Å². The minimum Gasteiger partial charge on any atom is -0.481 e. The predicted octanol–water partition coefficient (Wildman–Crippen LogP) is 0.350. The third-order valence-corrected chi connectivity index (χ3v) is 3.56. The fourth-order valence-electron chi connectivity index (χ4n) is 2.41. The first-order chi connectivity index (χ1) is 9.60. The van der Waals surface area contributed by atoms with Crippen molar-refractivity contribution in [2.75, 3.05) is 0 Å². The molecule has 8 nitrogen and oxygen atoms in total. The van der Waals surface area contributed by atoms with E-state index in [1.54, 1.807) is 6.33 Å². The van der Waals surface area contributed by atoms with E-state index in [1.165, 1.54) is 0 Å². The van der Waals surface area contributed by atoms with Crippen LogP contribution in [0.25, 0.3) is 0 Å². The van der Waals surface area contributed by atoms with Gasteiger partial charge in [0.1, 0.15) is 6.33 Å². The number of hydrogen-bond acceptors (Lipinski definition) is 4. The number of amides is 2. The van der Waals surface area contributed by atoms with Gasteiger partial charge in [-0.2, -0.15) is 0 Å². The molecule has 1 saturated carbocycles. The van der Waals surface area contributed by atoms with Crippen molar-refractivity contribution in [1.29, 1.82) is 0 Å². The van der Waals surface area contributed by atoms with Crippen molar-refractivity contribution in [3.05, 3.63) is 12.2 Å². The molecular weight excluding hydrogens is 262 g/mol. The molecule has 2 unspecified atom stereocenters. The number of carboxylic acid groups (broad SMARTS) is 1. The highest BCUT2D eigenvalue weighted by atomic mass is 16.4. The summed E-state index contributed by atoms with van der Waals surface area (Å²) in [4.78, 5) is 22.6. The highest BCUT2D eigenvalue weighted by Crippen LogP contribution is 2.25. The lowest BCUT2D eigenvalue weighted by Crippen LogP contribution is -2.41. The topological polar surface area (TPSA) is 109 Å². The summed E-state index contributed by atoms with van der Waals surface area (Å²) < 4.78 is 1.84. The van der Waals surface area contributed by atoms with Crippen molar-refractivity contribution in [2.45, 2.75) is 45.3 Å². The Balaban J connectivity index is 1.75. The van der Waals surface area contributed by atoms with Crippen LogP contribution in [0.4, 0.5) is 4.79 Å². The maximum Gasteiger partial charge on any atom is 0.315 e. The molecule has 1 aromatic rings. The number of aliphatic carboxylic acids is 1. The van der Waals surface area contributed by atoms with Crippen LogP contribution in [-0.4, -0.2) is 37.9 Å². The quantitative estimate of drug-likeness (QED) is 0.721. The summed E-state index contributed by atoms with van der Waals surface area (Å²) in [5, 5.41) is 22.1. The van der Waals surface area contributed by atoms with Gasteiger partial charge in [0.25, 0.3) is 0 Å². The third kappa shape index (κ3) is 3.46. The van der Waals surface area contributed by atoms with Gasteiger partial charge in [-0.3, -0.25) is 4.79 Å². The number of nitrogens with zero attached hydrogens (tertiary/aromatic N) is 3. The first kappa shape index (κ1) is 14.3. The molecule has 1 aromatic heterocycles. The van der Waals surface area contributed by atoms with Gasteiger partial charge in [-0.1, -0.05) is 0 Å². The first-order valence-corrected chi connectivity index (χ1v) is 6.74. The normalized spacial score (nSPS) is 21.6. The number of hydrogen-bond donors (Lipinski definition) is 3. The van der Waals surface area contributed by atoms with Gasteiger partial charge in [0.05, 0.1) is 12.5 Å². The van der Waals surface area contributed by atoms with E-state index in [9.17, 15) is 9.59 Å². The summed E-state index contributed by atoms with van der Waals surface area (Å²) in [5.41, 5.74) is 0. The van der Waals surface area contributed by atoms with Crippen molar-refractivity contribution in [3.63, 3.8) is 0 Å². The van der Waals surface area contributed by atoms with Gasteiger partial charge in [0.15, 0.2) is 5.82 Å². The molecule has 3 N–H and O–H groups in total. The third-order valence-electron chi connectivity index (χ3n) is 3.56. The molecule has 1 heterocycles. The van der Waals surface area contributed by atoms with Crippen LogP contribution >= 0.6 is 0 Å². The average molecular weight is 281 g/mol. The molecule has 0 saturated heterocycles. The number of urea groups is 1. The first-order valence-electron chi connectivity index (χ1n) is 6.74. The molecule has 0 aromatic carbocycles. The van der Waals surface area contributed by atoms with Crippen molar-refractivity contribution in [1.82, 2.24) is 25.4 Å². The maximum absolute atomic E-state index is 11.7. The van der Waals surface area contributed by atoms with Crippen LogP contribution < -0.4 is 10.6 Å². The number of carbonyl (C=O) groups is 2. The molecule has 2 atom stereocenters. The summed E-state index contributed by atoms with van der Waals surface area (Å²) in [6, 6.07) is -0.369. The van der Waals surface area contributed by atoms with Gasteiger partial charge in [0.2, 0.25) is 0 Å². The van der Waals surface area contributed by atoms with Gasteiger partial charge in [-0.25, -0.2) is 4.79 Å². The second-order valence-electron chi connectivity index (χ2n) is 4.91. The minimum atomic E-state index is -0.786. The van der Waals surface area contributed by atoms with Gasteiger partial charge < -0.3 is 20.3 Å². The van der Waals surface area contributed by atoms with E-state index in [2.05, 4.69) is 20.8 Å². The standard InChI is InChI=1S/C12H19N5O3/c1-2-17-7-14-16-10(17)6-13-12(20)15-9-4-3-8(5-9)11(18)19/h7-9H,2-6H2,1H3,(H,18,19)(H2,13,15,20). The zero-order chi connectivity index (χ0) is 14.5. The highest BCUT2D eigenvalue weighted by molar-refractivity contribution is 5.75. The molecule has 1 aliphatic rings. The molecule has 20 heavy (non-hydrogen) atoms. The number of rotatable bonds is 5. The van der Waals surface area contributed by atoms with E-state index < -0.39 is 5.97 Å². The van der Waals surface area contributed by atoms with E-state index in [0.717, 1.165) is 6.54 Å². The SMILES string of the molecule is CCn1cnnc1CNC(=O)NC1CCC(C(=O)O)C1. The summed E-state index contributed by atoms with van der Waals surface area (Å²) in [5.74, 6) is -0.438. The van der Waals surface area contributed by atoms with Crippen molar-refractivity contribution >= 4 is 12.0 Å². The Hall–Kier alpha value is -2.12. The lowest BCUT2D eigenvalue weighted by Gasteiger charge is -2.13. The van der Waals surface area contributed by atoms with Gasteiger partial charge in [0, 0.05) is 12.6 Å². The van der Waals surface area contributed by atoms with Gasteiger partial charge in [-0.15, -0.1) is 10.2 Å². The number of carbonyl (C=O) groups excluding carboxylic acids is 1. The van der Waals surface area contributed by atoms with E-state index >= 15 is 0 Å². The minimum absolute atomic E-state index is 0.0693. The smallest absolute Gasteiger partial charge is 0.315 e. The Labute approximate surface area is 116 Å². The molecule has 0 spiro atoms. The van der Waals surface area contributed by atoms with Crippen LogP contribution in [0.15, 0.2) is 6.33 Å². The Morgan fingerprint density at radius 1 is 1.50 bits per heavy atom. The fraction of sp³-hybridized carbons (Fsp3) is 0.667. The molecule has 2 amide bonds. The number of aromatic nitrogens is 3. The Morgan fingerprint density at radius 2 is 2.30 bits per heavy atom. The largest absolute Gasteiger partial charge is 0.481 e. The number of aryl methyl sites for hydroxylation is 1. The number of carboxylic acids is 1. The summed E-state index contributed by atoms with van der Waals surface area (Å²) >= 11 is 0. The van der Waals surface area contributed by atoms with Crippen LogP contribution in [0.1, 0.15) is 32.0 Å². The van der Waals surface area contributed by atoms with Crippen molar-refractivity contribution in [2.24, 2.45) is 5.92 Å². The Bertz CT molecular complexity index is 487. The van der Waals surface area contributed by atoms with Crippen LogP contribution in [0, 0.1) is 5.92 Å². The van der Waals surface area contributed by atoms with Crippen LogP contribution in [-0.2, 0) is 17.9 Å². The van der Waals surface area contributed by atoms with Crippen molar-refractivity contribution < 1.29 is 14.7 Å². The zero-order valence-corrected chi connectivity index (χ0v) is 11.4. The second kappa shape index (κ2) is 6.36. The summed E-state index contributed by atoms with van der Waals surface area (Å²) in [6.07, 6.45) is 3.43. The van der Waals surface area contributed by atoms with Gasteiger partial charge >= 0.3 is 12.0 Å². The Kier molecular flexibility index (Phi) is 4.54. The molecule has 0 aliphatic heterocycles. The average Bonchev–Trinajstić information content (AvgIpc) is 3.04. The molecular formula is C12H19N5O3. The maximum atomic E-state index is 11.7. The zero-order valence-electron chi connectivity index (χ0n) is 11.4. The molecule has 110 valence electrons. The number of nitrogens with one attached hydrogen (secondary N) is 2. The summed E-state index contributed by atoms with van der Waals surface area (Å²) in [7, 11) is 0. The highest BCUT2D eigenvalue weighted by Gasteiger charge is 2.30. The lowest BCUT2D eigenvalue weighted by atomic mass is 10.1. The lowest BCUT2D eigenvalue weighted by molar-refractivity contribution is -0.141. The summed E-state index contributed by atoms with van der Waals surface area (Å²) in [6.45, 7) is 3.01. The van der Waals surface area contributed by atoms with E-state index in [1.807, 2.05) is 11.5 Å². The monoisotopic (exact) mass is 281 g/mol. The molecule has 0 radical (unpaired) electrons. The molecule has 2 rings (SSSR count). The molecule has 1 fully saturated rings. The van der Waals surface area contributed by atoms with Crippen LogP contribution in [0.5, 0.6) is 0 Å². The van der Waals surface area contributed by atoms with Gasteiger partial charge in [-0.05, 0) is 26.2 Å². The van der Waals surface area contributed by atoms with E-state index in [-0.39, 0.29) is 18.0 Å².